The molecule has 0 aliphatic carbocycles. The molecule has 0 amide bonds. The Morgan fingerprint density at radius 2 is 1.87 bits per heavy atom. The second kappa shape index (κ2) is 8.69. The number of hydrogen-bond acceptors (Lipinski definition) is 1. The van der Waals surface area contributed by atoms with Crippen LogP contribution in [0.2, 0.25) is 0 Å². The Labute approximate surface area is 144 Å². The minimum absolute atomic E-state index is 1.01. The second-order valence-electron chi connectivity index (χ2n) is 5.92. The van der Waals surface area contributed by atoms with Gasteiger partial charge in [-0.15, -0.1) is 11.3 Å². The van der Waals surface area contributed by atoms with Gasteiger partial charge in [-0.1, -0.05) is 75.8 Å². The van der Waals surface area contributed by atoms with E-state index >= 15 is 0 Å². The Bertz CT molecular complexity index is 740. The molecule has 0 unspecified atom stereocenters. The normalized spacial score (nSPS) is 11.7. The first kappa shape index (κ1) is 17.5. The summed E-state index contributed by atoms with van der Waals surface area (Å²) in [4.78, 5) is 1.27. The van der Waals surface area contributed by atoms with E-state index in [4.69, 9.17) is 0 Å². The lowest BCUT2D eigenvalue weighted by atomic mass is 10.1. The molecule has 23 heavy (non-hydrogen) atoms. The quantitative estimate of drug-likeness (QED) is 0.446. The monoisotopic (exact) mass is 322 g/mol. The third-order valence-corrected chi connectivity index (χ3v) is 4.77. The molecule has 120 valence electrons. The van der Waals surface area contributed by atoms with Gasteiger partial charge in [0, 0.05) is 9.58 Å². The molecule has 0 aliphatic rings. The van der Waals surface area contributed by atoms with E-state index in [1.54, 1.807) is 0 Å². The lowest BCUT2D eigenvalue weighted by Gasteiger charge is -1.97. The lowest BCUT2D eigenvalue weighted by Crippen LogP contribution is -1.80. The molecule has 0 saturated carbocycles. The third-order valence-electron chi connectivity index (χ3n) is 3.71. The molecule has 0 saturated heterocycles. The summed E-state index contributed by atoms with van der Waals surface area (Å²) in [5, 5.41) is 1.33. The highest BCUT2D eigenvalue weighted by Gasteiger charge is 2.01. The van der Waals surface area contributed by atoms with Crippen LogP contribution < -0.4 is 0 Å². The summed E-state index contributed by atoms with van der Waals surface area (Å²) in [6.45, 7) is 12.5. The summed E-state index contributed by atoms with van der Waals surface area (Å²) in [7, 11) is 0. The first-order valence-corrected chi connectivity index (χ1v) is 9.19. The molecule has 0 nitrogen and oxygen atoms in total. The van der Waals surface area contributed by atoms with Gasteiger partial charge in [-0.25, -0.2) is 0 Å². The molecule has 0 radical (unpaired) electrons. The van der Waals surface area contributed by atoms with Gasteiger partial charge in [0.15, 0.2) is 0 Å². The molecule has 2 rings (SSSR count). The number of aryl methyl sites for hydroxylation is 1. The zero-order valence-electron chi connectivity index (χ0n) is 14.3. The van der Waals surface area contributed by atoms with Crippen molar-refractivity contribution >= 4 is 27.5 Å². The summed E-state index contributed by atoms with van der Waals surface area (Å²) in [6.07, 6.45) is 12.9. The van der Waals surface area contributed by atoms with Gasteiger partial charge < -0.3 is 0 Å². The smallest absolute Gasteiger partial charge is 0.0351 e. The van der Waals surface area contributed by atoms with E-state index in [9.17, 15) is 0 Å². The first-order valence-electron chi connectivity index (χ1n) is 8.37. The third kappa shape index (κ3) is 5.37. The van der Waals surface area contributed by atoms with Gasteiger partial charge in [0.05, 0.1) is 0 Å². The maximum atomic E-state index is 4.08. The van der Waals surface area contributed by atoms with Crippen molar-refractivity contribution in [1.29, 1.82) is 0 Å². The fourth-order valence-corrected chi connectivity index (χ4v) is 3.53. The molecule has 0 aliphatic heterocycles. The molecule has 1 heterocycles. The van der Waals surface area contributed by atoms with Gasteiger partial charge in [0.1, 0.15) is 0 Å². The minimum Gasteiger partial charge on any atom is -0.136 e. The maximum absolute atomic E-state index is 4.08. The minimum atomic E-state index is 1.01. The Hall–Kier alpha value is -1.86. The van der Waals surface area contributed by atoms with Crippen LogP contribution in [0.4, 0.5) is 0 Å². The van der Waals surface area contributed by atoms with Crippen molar-refractivity contribution in [2.75, 3.05) is 0 Å². The zero-order valence-corrected chi connectivity index (χ0v) is 15.1. The van der Waals surface area contributed by atoms with Crippen LogP contribution in [0.25, 0.3) is 16.2 Å². The van der Waals surface area contributed by atoms with Crippen LogP contribution in [0.15, 0.2) is 66.8 Å². The fraction of sp³-hybridized carbons (Fsp3) is 0.273. The predicted octanol–water partition coefficient (Wildman–Crippen LogP) is 7.34. The summed E-state index contributed by atoms with van der Waals surface area (Å²) < 4.78 is 1.37. The number of benzene rings is 1. The SMILES string of the molecule is C=C(/C=C\C(=C)CCC)/C=C/c1cc2ccc(CCC)cc2s1. The molecule has 0 N–H and O–H groups in total. The van der Waals surface area contributed by atoms with Crippen LogP contribution in [-0.2, 0) is 6.42 Å². The Kier molecular flexibility index (Phi) is 6.61. The molecule has 0 spiro atoms. The van der Waals surface area contributed by atoms with Crippen LogP contribution >= 0.6 is 11.3 Å². The van der Waals surface area contributed by atoms with Crippen LogP contribution in [0.5, 0.6) is 0 Å². The van der Waals surface area contributed by atoms with Crippen molar-refractivity contribution < 1.29 is 0 Å². The van der Waals surface area contributed by atoms with E-state index in [-0.39, 0.29) is 0 Å². The Morgan fingerprint density at radius 1 is 1.04 bits per heavy atom. The number of rotatable bonds is 8. The van der Waals surface area contributed by atoms with Gasteiger partial charge in [0.2, 0.25) is 0 Å². The molecule has 0 fully saturated rings. The number of fused-ring (bicyclic) bond motifs is 1. The van der Waals surface area contributed by atoms with Crippen LogP contribution in [-0.4, -0.2) is 0 Å². The standard InChI is InChI=1S/C22H26S/c1-5-7-17(3)9-10-18(4)11-14-21-16-20-13-12-19(8-6-2)15-22(20)23-21/h9-16H,3-8H2,1-2H3/b10-9-,14-11+. The van der Waals surface area contributed by atoms with Gasteiger partial charge in [-0.05, 0) is 47.6 Å². The summed E-state index contributed by atoms with van der Waals surface area (Å²) in [5.41, 5.74) is 3.60. The molecule has 1 aromatic carbocycles. The van der Waals surface area contributed by atoms with E-state index < -0.39 is 0 Å². The van der Waals surface area contributed by atoms with Gasteiger partial charge >= 0.3 is 0 Å². The van der Waals surface area contributed by atoms with Crippen LogP contribution in [0.3, 0.4) is 0 Å². The van der Waals surface area contributed by atoms with Gasteiger partial charge in [0.25, 0.3) is 0 Å². The summed E-state index contributed by atoms with van der Waals surface area (Å²) in [6, 6.07) is 9.05. The van der Waals surface area contributed by atoms with E-state index in [2.05, 4.69) is 69.5 Å². The van der Waals surface area contributed by atoms with Crippen molar-refractivity contribution in [3.8, 4) is 0 Å². The highest BCUT2D eigenvalue weighted by atomic mass is 32.1. The molecular formula is C22H26S. The highest BCUT2D eigenvalue weighted by molar-refractivity contribution is 7.19. The van der Waals surface area contributed by atoms with Crippen molar-refractivity contribution in [2.24, 2.45) is 0 Å². The van der Waals surface area contributed by atoms with Crippen molar-refractivity contribution in [3.05, 3.63) is 77.2 Å². The maximum Gasteiger partial charge on any atom is 0.0351 e. The predicted molar refractivity (Wildman–Crippen MR) is 107 cm³/mol. The van der Waals surface area contributed by atoms with Gasteiger partial charge in [-0.3, -0.25) is 0 Å². The molecule has 0 bridgehead atoms. The Morgan fingerprint density at radius 3 is 2.61 bits per heavy atom. The molecular weight excluding hydrogens is 296 g/mol. The van der Waals surface area contributed by atoms with E-state index in [0.717, 1.165) is 30.4 Å². The highest BCUT2D eigenvalue weighted by Crippen LogP contribution is 2.28. The second-order valence-corrected chi connectivity index (χ2v) is 7.04. The average Bonchev–Trinajstić information content (AvgIpc) is 2.94. The summed E-state index contributed by atoms with van der Waals surface area (Å²) >= 11 is 1.84. The topological polar surface area (TPSA) is 0 Å². The number of hydrogen-bond donors (Lipinski definition) is 0. The van der Waals surface area contributed by atoms with E-state index in [1.807, 2.05) is 17.4 Å². The average molecular weight is 323 g/mol. The molecule has 1 aromatic heterocycles. The summed E-state index contributed by atoms with van der Waals surface area (Å²) in [5.74, 6) is 0. The zero-order chi connectivity index (χ0) is 16.7. The molecule has 1 heteroatoms. The molecule has 0 atom stereocenters. The Balaban J connectivity index is 2.06. The largest absolute Gasteiger partial charge is 0.136 e. The van der Waals surface area contributed by atoms with E-state index in [1.165, 1.54) is 26.9 Å². The van der Waals surface area contributed by atoms with Crippen LogP contribution in [0.1, 0.15) is 43.6 Å². The van der Waals surface area contributed by atoms with Gasteiger partial charge in [-0.2, -0.15) is 0 Å². The fourth-order valence-electron chi connectivity index (χ4n) is 2.50. The number of thiophene rings is 1. The number of allylic oxidation sites excluding steroid dienone is 5. The first-order chi connectivity index (χ1) is 11.1. The van der Waals surface area contributed by atoms with Crippen molar-refractivity contribution in [1.82, 2.24) is 0 Å². The van der Waals surface area contributed by atoms with Crippen LogP contribution in [0, 0.1) is 0 Å². The molecule has 2 aromatic rings. The lowest BCUT2D eigenvalue weighted by molar-refractivity contribution is 0.924. The van der Waals surface area contributed by atoms with Crippen molar-refractivity contribution in [2.45, 2.75) is 39.5 Å². The van der Waals surface area contributed by atoms with E-state index in [0.29, 0.717) is 0 Å². The van der Waals surface area contributed by atoms with Crippen molar-refractivity contribution in [3.63, 3.8) is 0 Å².